The van der Waals surface area contributed by atoms with Gasteiger partial charge >= 0.3 is 0 Å². The van der Waals surface area contributed by atoms with Crippen molar-refractivity contribution in [1.82, 2.24) is 5.32 Å². The second-order valence-electron chi connectivity index (χ2n) is 3.70. The van der Waals surface area contributed by atoms with Gasteiger partial charge in [0, 0.05) is 6.54 Å². The van der Waals surface area contributed by atoms with E-state index in [1.165, 1.54) is 0 Å². The monoisotopic (exact) mass is 296 g/mol. The highest BCUT2D eigenvalue weighted by atomic mass is 32.2. The minimum Gasteiger partial charge on any atom is -0.352 e. The molecule has 0 spiro atoms. The molecule has 1 aromatic rings. The van der Waals surface area contributed by atoms with Crippen LogP contribution in [0.5, 0.6) is 0 Å². The molecule has 0 aliphatic heterocycles. The first-order valence-electron chi connectivity index (χ1n) is 5.14. The Morgan fingerprint density at radius 2 is 1.84 bits per heavy atom. The molecule has 5 nitrogen and oxygen atoms in total. The highest BCUT2D eigenvalue weighted by molar-refractivity contribution is 7.89. The van der Waals surface area contributed by atoms with E-state index in [0.29, 0.717) is 6.07 Å². The third-order valence-electron chi connectivity index (χ3n) is 2.17. The molecule has 106 valence electrons. The summed E-state index contributed by atoms with van der Waals surface area (Å²) in [5.41, 5.74) is -0.658. The number of sulfonamides is 1. The number of halogens is 3. The Bertz CT molecular complexity index is 590. The van der Waals surface area contributed by atoms with Crippen molar-refractivity contribution in [1.29, 1.82) is 0 Å². The summed E-state index contributed by atoms with van der Waals surface area (Å²) >= 11 is 0. The van der Waals surface area contributed by atoms with Crippen molar-refractivity contribution >= 4 is 15.9 Å². The summed E-state index contributed by atoms with van der Waals surface area (Å²) in [5, 5.41) is 6.90. The standard InChI is InChI=1S/C10H11F3N2O3S/c11-7-3-2-6(8(12)9(7)13)10(16)15-4-1-5-19(14,17)18/h2-3H,1,4-5H2,(H,15,16)(H2,14,17,18). The van der Waals surface area contributed by atoms with E-state index < -0.39 is 38.9 Å². The van der Waals surface area contributed by atoms with E-state index in [0.717, 1.165) is 6.07 Å². The molecule has 1 amide bonds. The molecule has 19 heavy (non-hydrogen) atoms. The molecule has 0 fully saturated rings. The van der Waals surface area contributed by atoms with E-state index in [1.807, 2.05) is 0 Å². The van der Waals surface area contributed by atoms with E-state index in [1.54, 1.807) is 0 Å². The molecule has 0 heterocycles. The molecule has 1 rings (SSSR count). The summed E-state index contributed by atoms with van der Waals surface area (Å²) in [4.78, 5) is 11.4. The maximum atomic E-state index is 13.2. The lowest BCUT2D eigenvalue weighted by Crippen LogP contribution is -2.28. The Kier molecular flexibility index (Phi) is 4.90. The Hall–Kier alpha value is -1.61. The number of carbonyl (C=O) groups is 1. The van der Waals surface area contributed by atoms with Crippen molar-refractivity contribution in [3.8, 4) is 0 Å². The van der Waals surface area contributed by atoms with E-state index in [9.17, 15) is 26.4 Å². The first-order valence-corrected chi connectivity index (χ1v) is 6.86. The van der Waals surface area contributed by atoms with E-state index in [2.05, 4.69) is 5.32 Å². The molecule has 0 aliphatic carbocycles. The zero-order valence-electron chi connectivity index (χ0n) is 9.62. The predicted octanol–water partition coefficient (Wildman–Crippen LogP) is 0.512. The number of benzene rings is 1. The number of hydrogen-bond acceptors (Lipinski definition) is 3. The van der Waals surface area contributed by atoms with Crippen molar-refractivity contribution in [2.24, 2.45) is 5.14 Å². The van der Waals surface area contributed by atoms with Crippen LogP contribution in [0.4, 0.5) is 13.2 Å². The highest BCUT2D eigenvalue weighted by Gasteiger charge is 2.18. The number of rotatable bonds is 5. The van der Waals surface area contributed by atoms with Gasteiger partial charge in [0.05, 0.1) is 11.3 Å². The van der Waals surface area contributed by atoms with Crippen LogP contribution in [0.15, 0.2) is 12.1 Å². The summed E-state index contributed by atoms with van der Waals surface area (Å²) in [6.07, 6.45) is 0.0237. The van der Waals surface area contributed by atoms with Crippen molar-refractivity contribution in [3.05, 3.63) is 35.1 Å². The largest absolute Gasteiger partial charge is 0.352 e. The number of hydrogen-bond donors (Lipinski definition) is 2. The first-order chi connectivity index (χ1) is 8.72. The molecule has 1 aromatic carbocycles. The van der Waals surface area contributed by atoms with Crippen LogP contribution in [-0.4, -0.2) is 26.6 Å². The Morgan fingerprint density at radius 1 is 1.21 bits per heavy atom. The van der Waals surface area contributed by atoms with E-state index >= 15 is 0 Å². The lowest BCUT2D eigenvalue weighted by molar-refractivity contribution is 0.0948. The van der Waals surface area contributed by atoms with Crippen molar-refractivity contribution in [2.75, 3.05) is 12.3 Å². The van der Waals surface area contributed by atoms with Gasteiger partial charge in [-0.3, -0.25) is 4.79 Å². The molecule has 0 aromatic heterocycles. The zero-order valence-corrected chi connectivity index (χ0v) is 10.4. The third-order valence-corrected chi connectivity index (χ3v) is 3.03. The Labute approximate surface area is 107 Å². The fourth-order valence-corrected chi connectivity index (χ4v) is 1.82. The van der Waals surface area contributed by atoms with E-state index in [4.69, 9.17) is 5.14 Å². The molecule has 0 radical (unpaired) electrons. The van der Waals surface area contributed by atoms with Gasteiger partial charge in [-0.25, -0.2) is 26.7 Å². The van der Waals surface area contributed by atoms with Crippen molar-refractivity contribution in [3.63, 3.8) is 0 Å². The predicted molar refractivity (Wildman–Crippen MR) is 61.2 cm³/mol. The minimum absolute atomic E-state index is 0.0237. The molecule has 0 aliphatic rings. The van der Waals surface area contributed by atoms with Crippen LogP contribution in [-0.2, 0) is 10.0 Å². The summed E-state index contributed by atoms with van der Waals surface area (Å²) < 4.78 is 59.9. The van der Waals surface area contributed by atoms with Gasteiger partial charge in [-0.2, -0.15) is 0 Å². The van der Waals surface area contributed by atoms with Crippen molar-refractivity contribution in [2.45, 2.75) is 6.42 Å². The van der Waals surface area contributed by atoms with Crippen LogP contribution >= 0.6 is 0 Å². The summed E-state index contributed by atoms with van der Waals surface area (Å²) in [6, 6.07) is 1.42. The second kappa shape index (κ2) is 6.02. The average molecular weight is 296 g/mol. The Balaban J connectivity index is 2.62. The molecular formula is C10H11F3N2O3S. The first kappa shape index (κ1) is 15.4. The maximum absolute atomic E-state index is 13.2. The van der Waals surface area contributed by atoms with Gasteiger partial charge < -0.3 is 5.32 Å². The van der Waals surface area contributed by atoms with E-state index in [-0.39, 0.29) is 18.7 Å². The van der Waals surface area contributed by atoms with Crippen LogP contribution in [0.3, 0.4) is 0 Å². The normalized spacial score (nSPS) is 11.4. The van der Waals surface area contributed by atoms with Crippen molar-refractivity contribution < 1.29 is 26.4 Å². The molecular weight excluding hydrogens is 285 g/mol. The van der Waals surface area contributed by atoms with Crippen LogP contribution in [0.2, 0.25) is 0 Å². The zero-order chi connectivity index (χ0) is 14.6. The van der Waals surface area contributed by atoms with Gasteiger partial charge in [0.1, 0.15) is 0 Å². The fraction of sp³-hybridized carbons (Fsp3) is 0.300. The average Bonchev–Trinajstić information content (AvgIpc) is 2.30. The molecule has 9 heteroatoms. The number of nitrogens with two attached hydrogens (primary N) is 1. The fourth-order valence-electron chi connectivity index (χ4n) is 1.27. The van der Waals surface area contributed by atoms with Crippen LogP contribution < -0.4 is 10.5 Å². The summed E-state index contributed by atoms with van der Waals surface area (Å²) in [5.74, 6) is -6.05. The number of amides is 1. The Morgan fingerprint density at radius 3 is 2.42 bits per heavy atom. The molecule has 0 saturated heterocycles. The highest BCUT2D eigenvalue weighted by Crippen LogP contribution is 2.14. The van der Waals surface area contributed by atoms with Crippen LogP contribution in [0, 0.1) is 17.5 Å². The lowest BCUT2D eigenvalue weighted by Gasteiger charge is -2.06. The molecule has 0 unspecified atom stereocenters. The summed E-state index contributed by atoms with van der Waals surface area (Å²) in [6.45, 7) is -0.0896. The minimum atomic E-state index is -3.64. The lowest BCUT2D eigenvalue weighted by atomic mass is 10.2. The number of primary sulfonamides is 1. The topological polar surface area (TPSA) is 89.3 Å². The summed E-state index contributed by atoms with van der Waals surface area (Å²) in [7, 11) is -3.64. The SMILES string of the molecule is NS(=O)(=O)CCCNC(=O)c1ccc(F)c(F)c1F. The molecule has 0 atom stereocenters. The second-order valence-corrected chi connectivity index (χ2v) is 5.43. The maximum Gasteiger partial charge on any atom is 0.254 e. The molecule has 3 N–H and O–H groups in total. The molecule has 0 bridgehead atoms. The smallest absolute Gasteiger partial charge is 0.254 e. The van der Waals surface area contributed by atoms with Gasteiger partial charge in [-0.05, 0) is 18.6 Å². The van der Waals surface area contributed by atoms with Gasteiger partial charge in [0.2, 0.25) is 10.0 Å². The van der Waals surface area contributed by atoms with Gasteiger partial charge in [-0.15, -0.1) is 0 Å². The van der Waals surface area contributed by atoms with Crippen LogP contribution in [0.1, 0.15) is 16.8 Å². The number of carbonyl (C=O) groups excluding carboxylic acids is 1. The van der Waals surface area contributed by atoms with Gasteiger partial charge in [-0.1, -0.05) is 0 Å². The molecule has 0 saturated carbocycles. The van der Waals surface area contributed by atoms with Crippen LogP contribution in [0.25, 0.3) is 0 Å². The van der Waals surface area contributed by atoms with Gasteiger partial charge in [0.15, 0.2) is 17.5 Å². The third kappa shape index (κ3) is 4.52. The van der Waals surface area contributed by atoms with Gasteiger partial charge in [0.25, 0.3) is 5.91 Å². The number of nitrogens with one attached hydrogen (secondary N) is 1. The quantitative estimate of drug-likeness (QED) is 0.613.